The maximum atomic E-state index is 13.3. The van der Waals surface area contributed by atoms with E-state index in [0.717, 1.165) is 47.7 Å². The van der Waals surface area contributed by atoms with Crippen LogP contribution in [0, 0.1) is 0 Å². The molecule has 0 radical (unpaired) electrons. The molecule has 150 valence electrons. The number of rotatable bonds is 5. The summed E-state index contributed by atoms with van der Waals surface area (Å²) in [6.07, 6.45) is 2.00. The predicted octanol–water partition coefficient (Wildman–Crippen LogP) is 4.59. The molecule has 3 aromatic carbocycles. The number of fused-ring (bicyclic) bond motifs is 2. The zero-order valence-corrected chi connectivity index (χ0v) is 16.7. The largest absolute Gasteiger partial charge is 0.486 e. The highest BCUT2D eigenvalue weighted by molar-refractivity contribution is 5.95. The highest BCUT2D eigenvalue weighted by atomic mass is 16.5. The fraction of sp³-hybridized carbons (Fsp3) is 0.200. The van der Waals surface area contributed by atoms with E-state index < -0.39 is 0 Å². The summed E-state index contributed by atoms with van der Waals surface area (Å²) in [4.78, 5) is 20.0. The molecular weight excluding hydrogens is 374 g/mol. The average Bonchev–Trinajstić information content (AvgIpc) is 3.15. The Hall–Kier alpha value is -3.60. The van der Waals surface area contributed by atoms with Crippen LogP contribution >= 0.6 is 0 Å². The fourth-order valence-electron chi connectivity index (χ4n) is 4.09. The van der Waals surface area contributed by atoms with Crippen LogP contribution in [0.25, 0.3) is 11.0 Å². The van der Waals surface area contributed by atoms with Crippen LogP contribution in [0.5, 0.6) is 5.75 Å². The normalized spacial score (nSPS) is 13.3. The van der Waals surface area contributed by atoms with Crippen molar-refractivity contribution in [3.63, 3.8) is 0 Å². The number of anilines is 1. The molecular formula is C25H23N3O2. The maximum Gasteiger partial charge on any atom is 0.246 e. The van der Waals surface area contributed by atoms with Crippen LogP contribution < -0.4 is 9.64 Å². The van der Waals surface area contributed by atoms with Crippen LogP contribution in [0.3, 0.4) is 0 Å². The number of benzene rings is 3. The van der Waals surface area contributed by atoms with Crippen LogP contribution in [0.2, 0.25) is 0 Å². The standard InChI is InChI=1S/C25H23N3O2/c29-25(27-16-8-10-19-9-4-6-14-22(19)27)17-28-23-15-7-5-13-21(23)26-24(28)18-30-20-11-2-1-3-12-20/h1-7,9,11-15H,8,10,16-18H2. The van der Waals surface area contributed by atoms with Crippen molar-refractivity contribution in [2.24, 2.45) is 0 Å². The van der Waals surface area contributed by atoms with Gasteiger partial charge in [0.2, 0.25) is 5.91 Å². The predicted molar refractivity (Wildman–Crippen MR) is 118 cm³/mol. The number of aromatic nitrogens is 2. The lowest BCUT2D eigenvalue weighted by Crippen LogP contribution is -2.38. The van der Waals surface area contributed by atoms with Gasteiger partial charge in [0.15, 0.2) is 0 Å². The Bertz CT molecular complexity index is 1180. The van der Waals surface area contributed by atoms with Crippen molar-refractivity contribution in [2.45, 2.75) is 26.0 Å². The highest BCUT2D eigenvalue weighted by Gasteiger charge is 2.24. The van der Waals surface area contributed by atoms with Crippen molar-refractivity contribution in [3.8, 4) is 5.75 Å². The van der Waals surface area contributed by atoms with E-state index in [9.17, 15) is 4.79 Å². The molecule has 0 spiro atoms. The number of nitrogens with zero attached hydrogens (tertiary/aromatic N) is 3. The average molecular weight is 397 g/mol. The van der Waals surface area contributed by atoms with Crippen molar-refractivity contribution in [1.82, 2.24) is 9.55 Å². The first kappa shape index (κ1) is 18.4. The number of imidazole rings is 1. The quantitative estimate of drug-likeness (QED) is 0.495. The zero-order chi connectivity index (χ0) is 20.3. The summed E-state index contributed by atoms with van der Waals surface area (Å²) in [5.74, 6) is 1.61. The Labute approximate surface area is 175 Å². The van der Waals surface area contributed by atoms with E-state index >= 15 is 0 Å². The molecule has 1 amide bonds. The molecule has 0 saturated heterocycles. The third-order valence-corrected chi connectivity index (χ3v) is 5.55. The van der Waals surface area contributed by atoms with E-state index in [1.807, 2.05) is 82.3 Å². The number of aryl methyl sites for hydroxylation is 1. The number of hydrogen-bond donors (Lipinski definition) is 0. The second kappa shape index (κ2) is 8.03. The highest BCUT2D eigenvalue weighted by Crippen LogP contribution is 2.27. The summed E-state index contributed by atoms with van der Waals surface area (Å²) in [7, 11) is 0. The van der Waals surface area contributed by atoms with Crippen molar-refractivity contribution < 1.29 is 9.53 Å². The van der Waals surface area contributed by atoms with Crippen molar-refractivity contribution in [3.05, 3.63) is 90.3 Å². The van der Waals surface area contributed by atoms with Gasteiger partial charge in [-0.05, 0) is 48.7 Å². The summed E-state index contributed by atoms with van der Waals surface area (Å²) >= 11 is 0. The zero-order valence-electron chi connectivity index (χ0n) is 16.7. The molecule has 1 aliphatic rings. The molecule has 5 nitrogen and oxygen atoms in total. The minimum Gasteiger partial charge on any atom is -0.486 e. The van der Waals surface area contributed by atoms with E-state index in [4.69, 9.17) is 9.72 Å². The number of para-hydroxylation sites is 4. The lowest BCUT2D eigenvalue weighted by molar-refractivity contribution is -0.119. The maximum absolute atomic E-state index is 13.3. The third-order valence-electron chi connectivity index (χ3n) is 5.55. The minimum absolute atomic E-state index is 0.0752. The number of hydrogen-bond acceptors (Lipinski definition) is 3. The lowest BCUT2D eigenvalue weighted by atomic mass is 10.0. The molecule has 2 heterocycles. The molecule has 5 rings (SSSR count). The van der Waals surface area contributed by atoms with Gasteiger partial charge in [0.1, 0.15) is 24.7 Å². The Morgan fingerprint density at radius 1 is 0.933 bits per heavy atom. The second-order valence-corrected chi connectivity index (χ2v) is 7.48. The Morgan fingerprint density at radius 2 is 1.70 bits per heavy atom. The van der Waals surface area contributed by atoms with Crippen LogP contribution in [0.1, 0.15) is 17.8 Å². The summed E-state index contributed by atoms with van der Waals surface area (Å²) in [5, 5.41) is 0. The van der Waals surface area contributed by atoms with E-state index in [1.54, 1.807) is 0 Å². The minimum atomic E-state index is 0.0752. The molecule has 5 heteroatoms. The summed E-state index contributed by atoms with van der Waals surface area (Å²) < 4.78 is 7.92. The van der Waals surface area contributed by atoms with E-state index in [2.05, 4.69) is 6.07 Å². The number of carbonyl (C=O) groups excluding carboxylic acids is 1. The van der Waals surface area contributed by atoms with E-state index in [1.165, 1.54) is 5.56 Å². The van der Waals surface area contributed by atoms with Gasteiger partial charge in [-0.15, -0.1) is 0 Å². The Balaban J connectivity index is 1.44. The Kier molecular flexibility index (Phi) is 4.93. The van der Waals surface area contributed by atoms with Crippen LogP contribution in [-0.2, 0) is 24.4 Å². The van der Waals surface area contributed by atoms with Crippen LogP contribution in [-0.4, -0.2) is 22.0 Å². The molecule has 0 fully saturated rings. The molecule has 0 atom stereocenters. The molecule has 30 heavy (non-hydrogen) atoms. The lowest BCUT2D eigenvalue weighted by Gasteiger charge is -2.29. The molecule has 0 aliphatic carbocycles. The first-order chi connectivity index (χ1) is 14.8. The van der Waals surface area contributed by atoms with Gasteiger partial charge in [-0.3, -0.25) is 4.79 Å². The van der Waals surface area contributed by atoms with Gasteiger partial charge in [0.25, 0.3) is 0 Å². The summed E-state index contributed by atoms with van der Waals surface area (Å²) in [5.41, 5.74) is 4.08. The molecule has 0 N–H and O–H groups in total. The van der Waals surface area contributed by atoms with Crippen LogP contribution in [0.15, 0.2) is 78.9 Å². The molecule has 0 bridgehead atoms. The molecule has 1 aromatic heterocycles. The third kappa shape index (κ3) is 3.54. The Morgan fingerprint density at radius 3 is 2.60 bits per heavy atom. The van der Waals surface area contributed by atoms with Gasteiger partial charge in [-0.25, -0.2) is 4.98 Å². The second-order valence-electron chi connectivity index (χ2n) is 7.48. The first-order valence-corrected chi connectivity index (χ1v) is 10.3. The molecule has 1 aliphatic heterocycles. The number of ether oxygens (including phenoxy) is 1. The SMILES string of the molecule is O=C(Cn1c(COc2ccccc2)nc2ccccc21)N1CCCc2ccccc21. The fourth-order valence-corrected chi connectivity index (χ4v) is 4.09. The molecule has 0 saturated carbocycles. The number of carbonyl (C=O) groups is 1. The van der Waals surface area contributed by atoms with Crippen LogP contribution in [0.4, 0.5) is 5.69 Å². The summed E-state index contributed by atoms with van der Waals surface area (Å²) in [6.45, 7) is 1.29. The van der Waals surface area contributed by atoms with Gasteiger partial charge < -0.3 is 14.2 Å². The van der Waals surface area contributed by atoms with Gasteiger partial charge in [0, 0.05) is 12.2 Å². The van der Waals surface area contributed by atoms with Gasteiger partial charge in [-0.1, -0.05) is 48.5 Å². The van der Waals surface area contributed by atoms with Crippen molar-refractivity contribution in [2.75, 3.05) is 11.4 Å². The van der Waals surface area contributed by atoms with Gasteiger partial charge in [-0.2, -0.15) is 0 Å². The van der Waals surface area contributed by atoms with Crippen molar-refractivity contribution >= 4 is 22.6 Å². The monoisotopic (exact) mass is 397 g/mol. The summed E-state index contributed by atoms with van der Waals surface area (Å²) in [6, 6.07) is 25.8. The number of amides is 1. The topological polar surface area (TPSA) is 47.4 Å². The van der Waals surface area contributed by atoms with E-state index in [0.29, 0.717) is 6.61 Å². The smallest absolute Gasteiger partial charge is 0.246 e. The van der Waals surface area contributed by atoms with Crippen molar-refractivity contribution in [1.29, 1.82) is 0 Å². The molecule has 4 aromatic rings. The first-order valence-electron chi connectivity index (χ1n) is 10.3. The van der Waals surface area contributed by atoms with Gasteiger partial charge in [0.05, 0.1) is 11.0 Å². The van der Waals surface area contributed by atoms with Gasteiger partial charge >= 0.3 is 0 Å². The molecule has 0 unspecified atom stereocenters. The van der Waals surface area contributed by atoms with E-state index in [-0.39, 0.29) is 12.5 Å².